The van der Waals surface area contributed by atoms with E-state index < -0.39 is 10.0 Å². The van der Waals surface area contributed by atoms with Crippen LogP contribution < -0.4 is 4.31 Å². The summed E-state index contributed by atoms with van der Waals surface area (Å²) in [5.41, 5.74) is 0.616. The molecule has 4 heteroatoms. The van der Waals surface area contributed by atoms with E-state index in [1.807, 2.05) is 36.4 Å². The van der Waals surface area contributed by atoms with Crippen molar-refractivity contribution >= 4 is 26.5 Å². The van der Waals surface area contributed by atoms with E-state index >= 15 is 0 Å². The number of nitrogens with zero attached hydrogens (tertiary/aromatic N) is 1. The van der Waals surface area contributed by atoms with Crippen molar-refractivity contribution in [2.45, 2.75) is 0 Å². The largest absolute Gasteiger partial charge is 0.260 e. The van der Waals surface area contributed by atoms with Crippen molar-refractivity contribution in [1.29, 1.82) is 0 Å². The van der Waals surface area contributed by atoms with Crippen molar-refractivity contribution < 1.29 is 8.42 Å². The Morgan fingerprint density at radius 2 is 1.75 bits per heavy atom. The summed E-state index contributed by atoms with van der Waals surface area (Å²) in [5.74, 6) is -0.124. The van der Waals surface area contributed by atoms with Gasteiger partial charge in [-0.1, -0.05) is 48.6 Å². The maximum atomic E-state index is 12.3. The SMILES string of the molecule is C=C[CH]N(c1cccc2ccccc12)S(=O)(=O)CC=C. The molecule has 0 saturated carbocycles. The van der Waals surface area contributed by atoms with Gasteiger partial charge in [-0.05, 0) is 11.5 Å². The van der Waals surface area contributed by atoms with Crippen LogP contribution in [0.5, 0.6) is 0 Å². The quantitative estimate of drug-likeness (QED) is 0.762. The molecule has 0 heterocycles. The molecule has 0 atom stereocenters. The van der Waals surface area contributed by atoms with Crippen LogP contribution in [0.2, 0.25) is 0 Å². The summed E-state index contributed by atoms with van der Waals surface area (Å²) < 4.78 is 25.9. The van der Waals surface area contributed by atoms with Crippen LogP contribution in [-0.2, 0) is 10.0 Å². The summed E-state index contributed by atoms with van der Waals surface area (Å²) in [6.07, 6.45) is 2.84. The first kappa shape index (κ1) is 14.3. The Balaban J connectivity index is 2.63. The van der Waals surface area contributed by atoms with Gasteiger partial charge in [0, 0.05) is 5.39 Å². The second kappa shape index (κ2) is 5.92. The van der Waals surface area contributed by atoms with Crippen LogP contribution in [0, 0.1) is 6.54 Å². The van der Waals surface area contributed by atoms with Gasteiger partial charge in [0.1, 0.15) is 0 Å². The minimum absolute atomic E-state index is 0.124. The first-order chi connectivity index (χ1) is 9.60. The highest BCUT2D eigenvalue weighted by Gasteiger charge is 2.21. The molecule has 0 N–H and O–H groups in total. The van der Waals surface area contributed by atoms with Gasteiger partial charge < -0.3 is 0 Å². The number of sulfonamides is 1. The third-order valence-electron chi connectivity index (χ3n) is 2.87. The topological polar surface area (TPSA) is 37.4 Å². The fourth-order valence-corrected chi connectivity index (χ4v) is 3.24. The van der Waals surface area contributed by atoms with Gasteiger partial charge in [-0.3, -0.25) is 4.31 Å². The van der Waals surface area contributed by atoms with E-state index in [0.717, 1.165) is 10.8 Å². The van der Waals surface area contributed by atoms with E-state index in [-0.39, 0.29) is 5.75 Å². The molecule has 0 bridgehead atoms. The minimum Gasteiger partial charge on any atom is -0.260 e. The van der Waals surface area contributed by atoms with Crippen LogP contribution in [0.1, 0.15) is 0 Å². The summed E-state index contributed by atoms with van der Waals surface area (Å²) in [5, 5.41) is 1.86. The Hall–Kier alpha value is -2.07. The molecular formula is C16H16NO2S. The second-order valence-corrected chi connectivity index (χ2v) is 6.14. The molecule has 2 rings (SSSR count). The van der Waals surface area contributed by atoms with Crippen LogP contribution in [0.25, 0.3) is 10.8 Å². The Bertz CT molecular complexity index is 730. The first-order valence-electron chi connectivity index (χ1n) is 6.17. The third kappa shape index (κ3) is 2.75. The molecule has 2 aromatic carbocycles. The van der Waals surface area contributed by atoms with Gasteiger partial charge in [-0.25, -0.2) is 8.42 Å². The molecule has 0 spiro atoms. The molecule has 2 aromatic rings. The molecule has 103 valence electrons. The molecule has 0 aliphatic rings. The zero-order valence-corrected chi connectivity index (χ0v) is 11.9. The Morgan fingerprint density at radius 3 is 2.45 bits per heavy atom. The van der Waals surface area contributed by atoms with E-state index in [0.29, 0.717) is 5.69 Å². The lowest BCUT2D eigenvalue weighted by Crippen LogP contribution is -2.29. The predicted octanol–water partition coefficient (Wildman–Crippen LogP) is 3.51. The molecule has 20 heavy (non-hydrogen) atoms. The lowest BCUT2D eigenvalue weighted by molar-refractivity contribution is 0.598. The number of hydrogen-bond acceptors (Lipinski definition) is 2. The third-order valence-corrected chi connectivity index (χ3v) is 4.45. The summed E-state index contributed by atoms with van der Waals surface area (Å²) in [6.45, 7) is 8.55. The smallest absolute Gasteiger partial charge is 0.239 e. The Morgan fingerprint density at radius 1 is 1.05 bits per heavy atom. The number of benzene rings is 2. The van der Waals surface area contributed by atoms with Gasteiger partial charge in [-0.2, -0.15) is 0 Å². The fourth-order valence-electron chi connectivity index (χ4n) is 2.05. The van der Waals surface area contributed by atoms with Crippen molar-refractivity contribution in [2.24, 2.45) is 0 Å². The minimum atomic E-state index is -3.49. The molecule has 0 unspecified atom stereocenters. The summed E-state index contributed by atoms with van der Waals surface area (Å²) in [7, 11) is -3.49. The summed E-state index contributed by atoms with van der Waals surface area (Å²) >= 11 is 0. The number of rotatable bonds is 6. The van der Waals surface area contributed by atoms with Gasteiger partial charge >= 0.3 is 0 Å². The van der Waals surface area contributed by atoms with Gasteiger partial charge in [-0.15, -0.1) is 13.2 Å². The van der Waals surface area contributed by atoms with Crippen LogP contribution in [0.4, 0.5) is 5.69 Å². The van der Waals surface area contributed by atoms with Gasteiger partial charge in [0.05, 0.1) is 18.0 Å². The maximum absolute atomic E-state index is 12.3. The standard InChI is InChI=1S/C16H16NO2S/c1-3-12-17(20(18,19)13-4-2)16-11-7-9-14-8-5-6-10-15(14)16/h3-12H,1-2,13H2. The van der Waals surface area contributed by atoms with Crippen LogP contribution in [0.3, 0.4) is 0 Å². The Labute approximate surface area is 119 Å². The zero-order valence-electron chi connectivity index (χ0n) is 11.1. The first-order valence-corrected chi connectivity index (χ1v) is 7.77. The van der Waals surface area contributed by atoms with E-state index in [2.05, 4.69) is 13.2 Å². The maximum Gasteiger partial charge on any atom is 0.239 e. The number of hydrogen-bond donors (Lipinski definition) is 0. The highest BCUT2D eigenvalue weighted by molar-refractivity contribution is 7.93. The molecule has 0 aliphatic heterocycles. The van der Waals surface area contributed by atoms with Crippen molar-refractivity contribution in [2.75, 3.05) is 10.1 Å². The molecule has 3 nitrogen and oxygen atoms in total. The molecule has 0 aromatic heterocycles. The molecule has 0 aliphatic carbocycles. The van der Waals surface area contributed by atoms with E-state index in [9.17, 15) is 8.42 Å². The summed E-state index contributed by atoms with van der Waals surface area (Å²) in [6, 6.07) is 13.2. The monoisotopic (exact) mass is 286 g/mol. The average Bonchev–Trinajstić information content (AvgIpc) is 2.44. The highest BCUT2D eigenvalue weighted by Crippen LogP contribution is 2.29. The van der Waals surface area contributed by atoms with Crippen molar-refractivity contribution in [1.82, 2.24) is 0 Å². The molecule has 0 fully saturated rings. The van der Waals surface area contributed by atoms with Crippen molar-refractivity contribution in [3.8, 4) is 0 Å². The zero-order chi connectivity index (χ0) is 14.6. The molecular weight excluding hydrogens is 270 g/mol. The van der Waals surface area contributed by atoms with Gasteiger partial charge in [0.15, 0.2) is 0 Å². The number of fused-ring (bicyclic) bond motifs is 1. The second-order valence-electron chi connectivity index (χ2n) is 4.25. The molecule has 0 saturated heterocycles. The lowest BCUT2D eigenvalue weighted by Gasteiger charge is -2.23. The highest BCUT2D eigenvalue weighted by atomic mass is 32.2. The van der Waals surface area contributed by atoms with E-state index in [4.69, 9.17) is 0 Å². The molecule has 0 amide bonds. The molecule has 1 radical (unpaired) electrons. The van der Waals surface area contributed by atoms with Gasteiger partial charge in [0.2, 0.25) is 10.0 Å². The van der Waals surface area contributed by atoms with E-state index in [1.165, 1.54) is 23.0 Å². The van der Waals surface area contributed by atoms with Gasteiger partial charge in [0.25, 0.3) is 0 Å². The summed E-state index contributed by atoms with van der Waals surface area (Å²) in [4.78, 5) is 0. The van der Waals surface area contributed by atoms with Crippen LogP contribution in [-0.4, -0.2) is 14.2 Å². The Kier molecular flexibility index (Phi) is 4.25. The average molecular weight is 286 g/mol. The predicted molar refractivity (Wildman–Crippen MR) is 84.9 cm³/mol. The van der Waals surface area contributed by atoms with Crippen LogP contribution >= 0.6 is 0 Å². The van der Waals surface area contributed by atoms with Crippen LogP contribution in [0.15, 0.2) is 67.8 Å². The normalized spacial score (nSPS) is 11.2. The number of anilines is 1. The lowest BCUT2D eigenvalue weighted by atomic mass is 10.1. The van der Waals surface area contributed by atoms with E-state index in [1.54, 1.807) is 6.07 Å². The van der Waals surface area contributed by atoms with Crippen molar-refractivity contribution in [3.63, 3.8) is 0 Å². The fraction of sp³-hybridized carbons (Fsp3) is 0.0625. The van der Waals surface area contributed by atoms with Crippen molar-refractivity contribution in [3.05, 3.63) is 74.3 Å².